The van der Waals surface area contributed by atoms with Gasteiger partial charge < -0.3 is 0 Å². The van der Waals surface area contributed by atoms with E-state index in [1.807, 2.05) is 11.8 Å². The first-order valence-electron chi connectivity index (χ1n) is 3.34. The highest BCUT2D eigenvalue weighted by molar-refractivity contribution is 8.01. The molecule has 9 heavy (non-hydrogen) atoms. The van der Waals surface area contributed by atoms with E-state index in [2.05, 4.69) is 20.8 Å². The Labute approximate surface area is 68.2 Å². The van der Waals surface area contributed by atoms with Gasteiger partial charge in [0.25, 0.3) is 0 Å². The van der Waals surface area contributed by atoms with E-state index >= 15 is 0 Å². The van der Waals surface area contributed by atoms with Gasteiger partial charge in [0, 0.05) is 10.5 Å². The van der Waals surface area contributed by atoms with E-state index in [1.165, 1.54) is 12.2 Å². The average molecular weight is 163 g/mol. The van der Waals surface area contributed by atoms with Crippen molar-refractivity contribution in [1.29, 1.82) is 0 Å². The third-order valence-corrected chi connectivity index (χ3v) is 3.49. The fraction of sp³-hybridized carbons (Fsp3) is 1.00. The zero-order valence-electron chi connectivity index (χ0n) is 6.44. The molecular formula is C7H15S2. The summed E-state index contributed by atoms with van der Waals surface area (Å²) in [5.41, 5.74) is 0. The Hall–Kier alpha value is 0.700. The summed E-state index contributed by atoms with van der Waals surface area (Å²) in [7, 11) is 0. The predicted octanol–water partition coefficient (Wildman–Crippen LogP) is 3.11. The lowest BCUT2D eigenvalue weighted by Crippen LogP contribution is -2.16. The molecule has 0 amide bonds. The Balaban J connectivity index is 3.33. The second-order valence-electron chi connectivity index (χ2n) is 2.75. The van der Waals surface area contributed by atoms with Crippen LogP contribution in [0, 0.1) is 0 Å². The minimum atomic E-state index is 0.325. The molecule has 0 aromatic rings. The number of hydrogen-bond acceptors (Lipinski definition) is 1. The Kier molecular flexibility index (Phi) is 4.86. The second kappa shape index (κ2) is 4.51. The molecular weight excluding hydrogens is 148 g/mol. The lowest BCUT2D eigenvalue weighted by molar-refractivity contribution is 0.816. The van der Waals surface area contributed by atoms with Gasteiger partial charge in [0.05, 0.1) is 0 Å². The van der Waals surface area contributed by atoms with Crippen molar-refractivity contribution in [2.75, 3.05) is 11.5 Å². The van der Waals surface area contributed by atoms with Crippen molar-refractivity contribution in [1.82, 2.24) is 0 Å². The molecule has 0 aromatic heterocycles. The van der Waals surface area contributed by atoms with Gasteiger partial charge in [-0.15, -0.1) is 0 Å². The molecule has 0 spiro atoms. The standard InChI is InChI=1S/C7H15S2/c1-4-5-9-7(2,3)6-8/h4-6H2,1-3H3. The minimum Gasteiger partial charge on any atom is -0.155 e. The third kappa shape index (κ3) is 5.16. The normalized spacial score (nSPS) is 12.0. The summed E-state index contributed by atoms with van der Waals surface area (Å²) in [6, 6.07) is 0. The van der Waals surface area contributed by atoms with Gasteiger partial charge in [-0.05, 0) is 26.0 Å². The van der Waals surface area contributed by atoms with E-state index in [0.29, 0.717) is 4.75 Å². The number of thioether (sulfide) groups is 1. The van der Waals surface area contributed by atoms with Crippen LogP contribution in [0.4, 0.5) is 0 Å². The summed E-state index contributed by atoms with van der Waals surface area (Å²) in [4.78, 5) is 0. The molecule has 0 saturated heterocycles. The van der Waals surface area contributed by atoms with Crippen LogP contribution in [0.5, 0.6) is 0 Å². The lowest BCUT2D eigenvalue weighted by Gasteiger charge is -2.19. The van der Waals surface area contributed by atoms with Crippen LogP contribution in [0.3, 0.4) is 0 Å². The van der Waals surface area contributed by atoms with E-state index in [-0.39, 0.29) is 0 Å². The van der Waals surface area contributed by atoms with Crippen LogP contribution in [0.15, 0.2) is 0 Å². The van der Waals surface area contributed by atoms with Crippen molar-refractivity contribution >= 4 is 24.4 Å². The highest BCUT2D eigenvalue weighted by atomic mass is 32.2. The van der Waals surface area contributed by atoms with Crippen LogP contribution in [-0.4, -0.2) is 16.3 Å². The Morgan fingerprint density at radius 1 is 1.44 bits per heavy atom. The molecule has 1 radical (unpaired) electrons. The molecule has 0 aliphatic carbocycles. The van der Waals surface area contributed by atoms with Crippen LogP contribution in [-0.2, 0) is 0 Å². The molecule has 55 valence electrons. The van der Waals surface area contributed by atoms with E-state index < -0.39 is 0 Å². The summed E-state index contributed by atoms with van der Waals surface area (Å²) < 4.78 is 0.325. The number of hydrogen-bond donors (Lipinski definition) is 0. The number of rotatable bonds is 4. The SMILES string of the molecule is CCCSC(C)(C)C[S]. The average Bonchev–Trinajstić information content (AvgIpc) is 1.84. The molecule has 0 aliphatic rings. The second-order valence-corrected chi connectivity index (χ2v) is 4.84. The molecule has 0 atom stereocenters. The lowest BCUT2D eigenvalue weighted by atomic mass is 10.2. The van der Waals surface area contributed by atoms with Gasteiger partial charge in [-0.25, -0.2) is 0 Å². The fourth-order valence-electron chi connectivity index (χ4n) is 0.420. The smallest absolute Gasteiger partial charge is 0.0202 e. The first-order valence-corrected chi connectivity index (χ1v) is 4.91. The van der Waals surface area contributed by atoms with Crippen molar-refractivity contribution in [2.45, 2.75) is 31.9 Å². The molecule has 0 heterocycles. The topological polar surface area (TPSA) is 0 Å². The molecule has 0 N–H and O–H groups in total. The fourth-order valence-corrected chi connectivity index (χ4v) is 1.51. The van der Waals surface area contributed by atoms with Gasteiger partial charge in [-0.1, -0.05) is 19.6 Å². The molecule has 0 aliphatic heterocycles. The zero-order valence-corrected chi connectivity index (χ0v) is 8.07. The van der Waals surface area contributed by atoms with Gasteiger partial charge in [0.1, 0.15) is 0 Å². The summed E-state index contributed by atoms with van der Waals surface area (Å²) in [5, 5.41) is 0. The summed E-state index contributed by atoms with van der Waals surface area (Å²) in [6.45, 7) is 6.62. The zero-order chi connectivity index (χ0) is 7.33. The molecule has 0 aromatic carbocycles. The van der Waals surface area contributed by atoms with Gasteiger partial charge >= 0.3 is 0 Å². The van der Waals surface area contributed by atoms with Gasteiger partial charge in [0.2, 0.25) is 0 Å². The molecule has 0 fully saturated rings. The maximum atomic E-state index is 4.98. The van der Waals surface area contributed by atoms with Crippen LogP contribution in [0.1, 0.15) is 27.2 Å². The first kappa shape index (κ1) is 9.70. The van der Waals surface area contributed by atoms with Gasteiger partial charge in [-0.3, -0.25) is 0 Å². The van der Waals surface area contributed by atoms with E-state index in [0.717, 1.165) is 5.75 Å². The maximum absolute atomic E-state index is 4.98. The van der Waals surface area contributed by atoms with Crippen molar-refractivity contribution < 1.29 is 0 Å². The molecule has 0 bridgehead atoms. The maximum Gasteiger partial charge on any atom is 0.0202 e. The summed E-state index contributed by atoms with van der Waals surface area (Å²) in [6.07, 6.45) is 1.25. The van der Waals surface area contributed by atoms with Crippen molar-refractivity contribution in [3.8, 4) is 0 Å². The Morgan fingerprint density at radius 2 is 2.00 bits per heavy atom. The first-order chi connectivity index (χ1) is 4.12. The molecule has 2 heteroatoms. The largest absolute Gasteiger partial charge is 0.155 e. The Bertz CT molecular complexity index is 69.3. The summed E-state index contributed by atoms with van der Waals surface area (Å²) >= 11 is 6.96. The molecule has 0 unspecified atom stereocenters. The third-order valence-electron chi connectivity index (χ3n) is 1.04. The molecule has 0 nitrogen and oxygen atoms in total. The van der Waals surface area contributed by atoms with Crippen molar-refractivity contribution in [2.24, 2.45) is 0 Å². The monoisotopic (exact) mass is 163 g/mol. The van der Waals surface area contributed by atoms with E-state index in [9.17, 15) is 0 Å². The molecule has 0 rings (SSSR count). The van der Waals surface area contributed by atoms with Crippen LogP contribution in [0.2, 0.25) is 0 Å². The van der Waals surface area contributed by atoms with Gasteiger partial charge in [0.15, 0.2) is 0 Å². The van der Waals surface area contributed by atoms with Crippen LogP contribution >= 0.6 is 24.4 Å². The predicted molar refractivity (Wildman–Crippen MR) is 49.3 cm³/mol. The van der Waals surface area contributed by atoms with Crippen molar-refractivity contribution in [3.63, 3.8) is 0 Å². The minimum absolute atomic E-state index is 0.325. The highest BCUT2D eigenvalue weighted by Gasteiger charge is 2.14. The van der Waals surface area contributed by atoms with Crippen LogP contribution in [0.25, 0.3) is 0 Å². The van der Waals surface area contributed by atoms with E-state index in [4.69, 9.17) is 12.6 Å². The molecule has 0 saturated carbocycles. The van der Waals surface area contributed by atoms with E-state index in [1.54, 1.807) is 0 Å². The van der Waals surface area contributed by atoms with Gasteiger partial charge in [-0.2, -0.15) is 11.8 Å². The van der Waals surface area contributed by atoms with Crippen molar-refractivity contribution in [3.05, 3.63) is 0 Å². The van der Waals surface area contributed by atoms with Crippen LogP contribution < -0.4 is 0 Å². The Morgan fingerprint density at radius 3 is 2.33 bits per heavy atom. The quantitative estimate of drug-likeness (QED) is 0.613. The highest BCUT2D eigenvalue weighted by Crippen LogP contribution is 2.25. The summed E-state index contributed by atoms with van der Waals surface area (Å²) in [5.74, 6) is 2.10.